The van der Waals surface area contributed by atoms with Gasteiger partial charge in [0.2, 0.25) is 0 Å². The Bertz CT molecular complexity index is 512. The molecule has 2 aromatic carbocycles. The quantitative estimate of drug-likeness (QED) is 0.877. The van der Waals surface area contributed by atoms with Crippen molar-refractivity contribution < 1.29 is 0 Å². The third-order valence-corrected chi connectivity index (χ3v) is 4.12. The lowest BCUT2D eigenvalue weighted by Crippen LogP contribution is -2.29. The van der Waals surface area contributed by atoms with Gasteiger partial charge >= 0.3 is 0 Å². The van der Waals surface area contributed by atoms with Gasteiger partial charge in [0.25, 0.3) is 0 Å². The summed E-state index contributed by atoms with van der Waals surface area (Å²) < 4.78 is 0. The summed E-state index contributed by atoms with van der Waals surface area (Å²) in [5.41, 5.74) is 11.3. The summed E-state index contributed by atoms with van der Waals surface area (Å²) >= 11 is 0. The molecule has 0 radical (unpaired) electrons. The Morgan fingerprint density at radius 1 is 0.842 bits per heavy atom. The molecule has 0 fully saturated rings. The van der Waals surface area contributed by atoms with Gasteiger partial charge < -0.3 is 5.73 Å². The molecule has 19 heavy (non-hydrogen) atoms. The molecule has 2 aromatic rings. The van der Waals surface area contributed by atoms with Crippen molar-refractivity contribution in [3.8, 4) is 0 Å². The van der Waals surface area contributed by atoms with Gasteiger partial charge in [0, 0.05) is 5.41 Å². The van der Waals surface area contributed by atoms with Crippen LogP contribution in [0.15, 0.2) is 48.5 Å². The van der Waals surface area contributed by atoms with Crippen LogP contribution in [0.5, 0.6) is 0 Å². The summed E-state index contributed by atoms with van der Waals surface area (Å²) in [7, 11) is 0. The second kappa shape index (κ2) is 5.58. The maximum atomic E-state index is 5.89. The topological polar surface area (TPSA) is 26.0 Å². The van der Waals surface area contributed by atoms with Crippen LogP contribution >= 0.6 is 0 Å². The lowest BCUT2D eigenvalue weighted by atomic mass is 9.71. The molecule has 2 N–H and O–H groups in total. The fourth-order valence-corrected chi connectivity index (χ4v) is 3.09. The highest BCUT2D eigenvalue weighted by Crippen LogP contribution is 2.38. The Kier molecular flexibility index (Phi) is 4.06. The van der Waals surface area contributed by atoms with Gasteiger partial charge in [-0.2, -0.15) is 0 Å². The minimum Gasteiger partial charge on any atom is -0.330 e. The first-order chi connectivity index (χ1) is 9.09. The molecule has 0 amide bonds. The van der Waals surface area contributed by atoms with Gasteiger partial charge in [0.1, 0.15) is 0 Å². The normalized spacial score (nSPS) is 11.6. The third kappa shape index (κ3) is 2.57. The average molecular weight is 253 g/mol. The zero-order valence-corrected chi connectivity index (χ0v) is 12.1. The van der Waals surface area contributed by atoms with Gasteiger partial charge in [-0.15, -0.1) is 0 Å². The number of rotatable bonds is 4. The van der Waals surface area contributed by atoms with Crippen molar-refractivity contribution in [2.75, 3.05) is 6.54 Å². The van der Waals surface area contributed by atoms with Crippen molar-refractivity contribution in [3.05, 3.63) is 70.8 Å². The fraction of sp³-hybridized carbons (Fsp3) is 0.333. The molecule has 0 aliphatic carbocycles. The molecule has 0 atom stereocenters. The van der Waals surface area contributed by atoms with Crippen molar-refractivity contribution in [1.82, 2.24) is 0 Å². The number of hydrogen-bond donors (Lipinski definition) is 1. The zero-order valence-electron chi connectivity index (χ0n) is 12.1. The van der Waals surface area contributed by atoms with Gasteiger partial charge in [0.15, 0.2) is 0 Å². The summed E-state index contributed by atoms with van der Waals surface area (Å²) in [5, 5.41) is 0. The van der Waals surface area contributed by atoms with Gasteiger partial charge in [-0.1, -0.05) is 55.5 Å². The minimum atomic E-state index is -0.00850. The summed E-state index contributed by atoms with van der Waals surface area (Å²) in [6.07, 6.45) is 0.961. The van der Waals surface area contributed by atoms with Gasteiger partial charge in [-0.25, -0.2) is 0 Å². The number of aryl methyl sites for hydroxylation is 2. The first kappa shape index (κ1) is 13.8. The van der Waals surface area contributed by atoms with E-state index in [0.717, 1.165) is 6.42 Å². The Labute approximate surface area is 116 Å². The Hall–Kier alpha value is -1.60. The number of hydrogen-bond acceptors (Lipinski definition) is 1. The molecule has 2 rings (SSSR count). The molecule has 0 saturated carbocycles. The van der Waals surface area contributed by atoms with Crippen molar-refractivity contribution in [1.29, 1.82) is 0 Å². The van der Waals surface area contributed by atoms with E-state index in [2.05, 4.69) is 69.3 Å². The molecule has 0 aromatic heterocycles. The van der Waals surface area contributed by atoms with Crippen LogP contribution in [-0.2, 0) is 5.41 Å². The minimum absolute atomic E-state index is 0.00850. The molecule has 0 bridgehead atoms. The number of benzene rings is 2. The largest absolute Gasteiger partial charge is 0.330 e. The lowest BCUT2D eigenvalue weighted by molar-refractivity contribution is 0.522. The number of nitrogens with two attached hydrogens (primary N) is 1. The average Bonchev–Trinajstić information content (AvgIpc) is 2.39. The highest BCUT2D eigenvalue weighted by Gasteiger charge is 2.30. The summed E-state index contributed by atoms with van der Waals surface area (Å²) in [6.45, 7) is 7.37. The Morgan fingerprint density at radius 2 is 1.26 bits per heavy atom. The van der Waals surface area contributed by atoms with Gasteiger partial charge in [-0.05, 0) is 49.1 Å². The second-order valence-electron chi connectivity index (χ2n) is 5.50. The van der Waals surface area contributed by atoms with E-state index < -0.39 is 0 Å². The van der Waals surface area contributed by atoms with Crippen LogP contribution in [0.3, 0.4) is 0 Å². The van der Waals surface area contributed by atoms with Crippen LogP contribution in [0.1, 0.15) is 35.6 Å². The van der Waals surface area contributed by atoms with E-state index in [-0.39, 0.29) is 5.41 Å². The van der Waals surface area contributed by atoms with Crippen molar-refractivity contribution in [2.45, 2.75) is 32.6 Å². The van der Waals surface area contributed by atoms with Crippen LogP contribution in [0.4, 0.5) is 0 Å². The maximum absolute atomic E-state index is 5.89. The lowest BCUT2D eigenvalue weighted by Gasteiger charge is -2.33. The third-order valence-electron chi connectivity index (χ3n) is 4.12. The molecule has 0 saturated heterocycles. The molecule has 100 valence electrons. The Balaban J connectivity index is 2.62. The van der Waals surface area contributed by atoms with E-state index >= 15 is 0 Å². The van der Waals surface area contributed by atoms with E-state index in [1.54, 1.807) is 0 Å². The maximum Gasteiger partial charge on any atom is 0.0191 e. The van der Waals surface area contributed by atoms with Crippen LogP contribution in [0.2, 0.25) is 0 Å². The summed E-state index contributed by atoms with van der Waals surface area (Å²) in [6, 6.07) is 17.3. The fourth-order valence-electron chi connectivity index (χ4n) is 3.09. The highest BCUT2D eigenvalue weighted by atomic mass is 14.5. The monoisotopic (exact) mass is 253 g/mol. The van der Waals surface area contributed by atoms with Crippen LogP contribution in [0.25, 0.3) is 0 Å². The van der Waals surface area contributed by atoms with Crippen molar-refractivity contribution >= 4 is 0 Å². The van der Waals surface area contributed by atoms with E-state index in [1.807, 2.05) is 0 Å². The van der Waals surface area contributed by atoms with Crippen molar-refractivity contribution in [3.63, 3.8) is 0 Å². The predicted molar refractivity (Wildman–Crippen MR) is 82.5 cm³/mol. The standard InChI is InChI=1S/C18H23N/c1-14-8-4-6-10-16(14)18(3,12-13-19)17-11-7-5-9-15(17)2/h4-11H,12-13,19H2,1-3H3. The highest BCUT2D eigenvalue weighted by molar-refractivity contribution is 5.45. The predicted octanol–water partition coefficient (Wildman–Crippen LogP) is 3.96. The Morgan fingerprint density at radius 3 is 1.63 bits per heavy atom. The molecule has 0 spiro atoms. The molecular formula is C18H23N. The van der Waals surface area contributed by atoms with Gasteiger partial charge in [-0.3, -0.25) is 0 Å². The summed E-state index contributed by atoms with van der Waals surface area (Å²) in [4.78, 5) is 0. The first-order valence-corrected chi connectivity index (χ1v) is 6.92. The molecule has 0 heterocycles. The first-order valence-electron chi connectivity index (χ1n) is 6.92. The summed E-state index contributed by atoms with van der Waals surface area (Å²) in [5.74, 6) is 0. The van der Waals surface area contributed by atoms with E-state index in [1.165, 1.54) is 22.3 Å². The molecule has 1 nitrogen and oxygen atoms in total. The molecular weight excluding hydrogens is 230 g/mol. The van der Waals surface area contributed by atoms with Gasteiger partial charge in [0.05, 0.1) is 0 Å². The van der Waals surface area contributed by atoms with Crippen LogP contribution in [-0.4, -0.2) is 6.54 Å². The van der Waals surface area contributed by atoms with E-state index in [0.29, 0.717) is 6.54 Å². The van der Waals surface area contributed by atoms with E-state index in [4.69, 9.17) is 5.73 Å². The van der Waals surface area contributed by atoms with Crippen LogP contribution in [0, 0.1) is 13.8 Å². The second-order valence-corrected chi connectivity index (χ2v) is 5.50. The van der Waals surface area contributed by atoms with Crippen LogP contribution < -0.4 is 5.73 Å². The molecule has 0 aliphatic rings. The molecule has 1 heteroatoms. The van der Waals surface area contributed by atoms with E-state index in [9.17, 15) is 0 Å². The SMILES string of the molecule is Cc1ccccc1C(C)(CCN)c1ccccc1C. The smallest absolute Gasteiger partial charge is 0.0191 e. The molecule has 0 unspecified atom stereocenters. The van der Waals surface area contributed by atoms with Crippen molar-refractivity contribution in [2.24, 2.45) is 5.73 Å². The zero-order chi connectivity index (χ0) is 13.9. The molecule has 0 aliphatic heterocycles.